The number of rotatable bonds is 2. The molecule has 4 nitrogen and oxygen atoms in total. The molecule has 3 N–H and O–H groups in total. The molecule has 2 aromatic rings. The molecule has 1 saturated carbocycles. The molecule has 1 aromatic heterocycles. The molecule has 0 aliphatic heterocycles. The van der Waals surface area contributed by atoms with Crippen LogP contribution in [0.25, 0.3) is 10.9 Å². The summed E-state index contributed by atoms with van der Waals surface area (Å²) in [6.07, 6.45) is 10.8. The van der Waals surface area contributed by atoms with Gasteiger partial charge in [-0.25, -0.2) is 9.97 Å². The van der Waals surface area contributed by atoms with Crippen LogP contribution in [0.5, 0.6) is 0 Å². The van der Waals surface area contributed by atoms with Gasteiger partial charge >= 0.3 is 0 Å². The Balaban J connectivity index is 1.82. The van der Waals surface area contributed by atoms with Gasteiger partial charge in [-0.1, -0.05) is 32.1 Å². The lowest BCUT2D eigenvalue weighted by Gasteiger charge is -2.22. The zero-order valence-electron chi connectivity index (χ0n) is 11.8. The Labute approximate surface area is 119 Å². The molecule has 106 valence electrons. The summed E-state index contributed by atoms with van der Waals surface area (Å²) in [4.78, 5) is 8.72. The van der Waals surface area contributed by atoms with Crippen LogP contribution in [-0.2, 0) is 0 Å². The van der Waals surface area contributed by atoms with Crippen molar-refractivity contribution >= 4 is 22.4 Å². The molecule has 1 aromatic carbocycles. The van der Waals surface area contributed by atoms with Gasteiger partial charge in [0.1, 0.15) is 12.1 Å². The van der Waals surface area contributed by atoms with Gasteiger partial charge in [-0.05, 0) is 31.0 Å². The lowest BCUT2D eigenvalue weighted by Crippen LogP contribution is -2.21. The predicted molar refractivity (Wildman–Crippen MR) is 83.7 cm³/mol. The topological polar surface area (TPSA) is 63.8 Å². The van der Waals surface area contributed by atoms with Crippen molar-refractivity contribution in [1.82, 2.24) is 9.97 Å². The number of nitrogen functional groups attached to an aromatic ring is 1. The Morgan fingerprint density at radius 3 is 2.55 bits per heavy atom. The molecule has 0 unspecified atom stereocenters. The number of hydrogen-bond acceptors (Lipinski definition) is 4. The van der Waals surface area contributed by atoms with Crippen molar-refractivity contribution < 1.29 is 0 Å². The Kier molecular flexibility index (Phi) is 4.00. The van der Waals surface area contributed by atoms with E-state index in [4.69, 9.17) is 5.73 Å². The Hall–Kier alpha value is -1.84. The van der Waals surface area contributed by atoms with Crippen molar-refractivity contribution in [3.8, 4) is 0 Å². The molecule has 1 fully saturated rings. The zero-order valence-corrected chi connectivity index (χ0v) is 11.8. The lowest BCUT2D eigenvalue weighted by molar-refractivity contribution is 0.471. The van der Waals surface area contributed by atoms with Crippen molar-refractivity contribution in [2.75, 3.05) is 11.1 Å². The number of nitrogens with one attached hydrogen (secondary N) is 1. The highest BCUT2D eigenvalue weighted by Gasteiger charge is 2.13. The summed E-state index contributed by atoms with van der Waals surface area (Å²) in [5.74, 6) is 0.945. The number of benzene rings is 1. The first-order valence-corrected chi connectivity index (χ1v) is 7.60. The van der Waals surface area contributed by atoms with Gasteiger partial charge in [0.25, 0.3) is 0 Å². The van der Waals surface area contributed by atoms with E-state index < -0.39 is 0 Å². The average molecular weight is 270 g/mol. The van der Waals surface area contributed by atoms with Gasteiger partial charge in [-0.2, -0.15) is 0 Å². The van der Waals surface area contributed by atoms with E-state index in [0.29, 0.717) is 6.04 Å². The van der Waals surface area contributed by atoms with Crippen molar-refractivity contribution in [1.29, 1.82) is 0 Å². The largest absolute Gasteiger partial charge is 0.399 e. The summed E-state index contributed by atoms with van der Waals surface area (Å²) in [6, 6.07) is 6.36. The van der Waals surface area contributed by atoms with E-state index in [9.17, 15) is 0 Å². The number of hydrogen-bond donors (Lipinski definition) is 2. The zero-order chi connectivity index (χ0) is 13.8. The van der Waals surface area contributed by atoms with E-state index in [2.05, 4.69) is 15.3 Å². The molecule has 1 heterocycles. The maximum Gasteiger partial charge on any atom is 0.137 e. The Morgan fingerprint density at radius 1 is 1.00 bits per heavy atom. The first-order chi connectivity index (χ1) is 9.83. The molecule has 20 heavy (non-hydrogen) atoms. The predicted octanol–water partition coefficient (Wildman–Crippen LogP) is 3.74. The highest BCUT2D eigenvalue weighted by Crippen LogP contribution is 2.25. The summed E-state index contributed by atoms with van der Waals surface area (Å²) >= 11 is 0. The quantitative estimate of drug-likeness (QED) is 0.816. The number of aromatic nitrogens is 2. The summed E-state index contributed by atoms with van der Waals surface area (Å²) < 4.78 is 0. The van der Waals surface area contributed by atoms with E-state index in [1.807, 2.05) is 18.2 Å². The molecule has 0 atom stereocenters. The lowest BCUT2D eigenvalue weighted by atomic mass is 9.96. The van der Waals surface area contributed by atoms with E-state index in [0.717, 1.165) is 22.4 Å². The normalized spacial score (nSPS) is 17.6. The second kappa shape index (κ2) is 6.07. The first-order valence-electron chi connectivity index (χ1n) is 7.60. The third kappa shape index (κ3) is 3.00. The van der Waals surface area contributed by atoms with Gasteiger partial charge in [0, 0.05) is 17.1 Å². The maximum atomic E-state index is 5.82. The first kappa shape index (κ1) is 13.2. The molecule has 0 saturated heterocycles. The van der Waals surface area contributed by atoms with Gasteiger partial charge in [0.2, 0.25) is 0 Å². The van der Waals surface area contributed by atoms with Crippen LogP contribution in [0, 0.1) is 0 Å². The van der Waals surface area contributed by atoms with Crippen LogP contribution in [-0.4, -0.2) is 16.0 Å². The molecule has 0 spiro atoms. The van der Waals surface area contributed by atoms with Gasteiger partial charge < -0.3 is 11.1 Å². The number of fused-ring (bicyclic) bond motifs is 1. The minimum atomic E-state index is 0.533. The molecule has 3 rings (SSSR count). The van der Waals surface area contributed by atoms with Gasteiger partial charge in [0.15, 0.2) is 0 Å². The fourth-order valence-corrected chi connectivity index (χ4v) is 2.98. The summed E-state index contributed by atoms with van der Waals surface area (Å²) in [5, 5.41) is 4.68. The molecule has 0 amide bonds. The maximum absolute atomic E-state index is 5.82. The van der Waals surface area contributed by atoms with Crippen LogP contribution in [0.3, 0.4) is 0 Å². The monoisotopic (exact) mass is 270 g/mol. The van der Waals surface area contributed by atoms with E-state index in [1.165, 1.54) is 44.9 Å². The fraction of sp³-hybridized carbons (Fsp3) is 0.500. The SMILES string of the molecule is Nc1ccc2c(NC3CCCCCCC3)ncnc2c1. The molecule has 1 aliphatic rings. The molecule has 0 bridgehead atoms. The van der Waals surface area contributed by atoms with E-state index in [1.54, 1.807) is 6.33 Å². The van der Waals surface area contributed by atoms with Crippen molar-refractivity contribution in [2.24, 2.45) is 0 Å². The molecule has 1 aliphatic carbocycles. The number of anilines is 2. The van der Waals surface area contributed by atoms with Gasteiger partial charge in [-0.15, -0.1) is 0 Å². The Bertz CT molecular complexity index is 574. The third-order valence-electron chi connectivity index (χ3n) is 4.11. The minimum Gasteiger partial charge on any atom is -0.399 e. The highest BCUT2D eigenvalue weighted by atomic mass is 15.0. The van der Waals surface area contributed by atoms with Crippen LogP contribution in [0.1, 0.15) is 44.9 Å². The van der Waals surface area contributed by atoms with Crippen molar-refractivity contribution in [3.05, 3.63) is 24.5 Å². The highest BCUT2D eigenvalue weighted by molar-refractivity contribution is 5.90. The van der Waals surface area contributed by atoms with Gasteiger partial charge in [0.05, 0.1) is 5.52 Å². The molecule has 0 radical (unpaired) electrons. The number of nitrogens with zero attached hydrogens (tertiary/aromatic N) is 2. The van der Waals surface area contributed by atoms with Crippen LogP contribution < -0.4 is 11.1 Å². The fourth-order valence-electron chi connectivity index (χ4n) is 2.98. The second-order valence-corrected chi connectivity index (χ2v) is 5.69. The van der Waals surface area contributed by atoms with E-state index >= 15 is 0 Å². The molecular weight excluding hydrogens is 248 g/mol. The summed E-state index contributed by atoms with van der Waals surface area (Å²) in [7, 11) is 0. The second-order valence-electron chi connectivity index (χ2n) is 5.69. The molecular formula is C16H22N4. The van der Waals surface area contributed by atoms with Crippen LogP contribution in [0.4, 0.5) is 11.5 Å². The third-order valence-corrected chi connectivity index (χ3v) is 4.11. The van der Waals surface area contributed by atoms with E-state index in [-0.39, 0.29) is 0 Å². The van der Waals surface area contributed by atoms with Gasteiger partial charge in [-0.3, -0.25) is 0 Å². The van der Waals surface area contributed by atoms with Crippen molar-refractivity contribution in [3.63, 3.8) is 0 Å². The van der Waals surface area contributed by atoms with Crippen molar-refractivity contribution in [2.45, 2.75) is 51.0 Å². The Morgan fingerprint density at radius 2 is 1.75 bits per heavy atom. The smallest absolute Gasteiger partial charge is 0.137 e. The standard InChI is InChI=1S/C16H22N4/c17-12-8-9-14-15(10-12)18-11-19-16(14)20-13-6-4-2-1-3-5-7-13/h8-11,13H,1-7,17H2,(H,18,19,20). The van der Waals surface area contributed by atoms with Crippen LogP contribution >= 0.6 is 0 Å². The summed E-state index contributed by atoms with van der Waals surface area (Å²) in [5.41, 5.74) is 7.47. The van der Waals surface area contributed by atoms with Crippen LogP contribution in [0.2, 0.25) is 0 Å². The van der Waals surface area contributed by atoms with Crippen LogP contribution in [0.15, 0.2) is 24.5 Å². The number of nitrogens with two attached hydrogens (primary N) is 1. The average Bonchev–Trinajstić information content (AvgIpc) is 2.41. The molecule has 4 heteroatoms. The summed E-state index contributed by atoms with van der Waals surface area (Å²) in [6.45, 7) is 0. The minimum absolute atomic E-state index is 0.533.